The Morgan fingerprint density at radius 1 is 1.17 bits per heavy atom. The van der Waals surface area contributed by atoms with E-state index in [1.165, 1.54) is 12.1 Å². The van der Waals surface area contributed by atoms with E-state index in [1.807, 2.05) is 30.3 Å². The molecule has 120 valence electrons. The average Bonchev–Trinajstić information content (AvgIpc) is 3.24. The topological polar surface area (TPSA) is 118 Å². The number of nitro benzene ring substituents is 1. The summed E-state index contributed by atoms with van der Waals surface area (Å²) in [5.74, 6) is 0. The Balaban J connectivity index is 0.000000141. The molecule has 4 rings (SSSR count). The molecule has 10 heteroatoms. The molecule has 4 aromatic rings. The van der Waals surface area contributed by atoms with Gasteiger partial charge in [-0.15, -0.1) is 0 Å². The van der Waals surface area contributed by atoms with Gasteiger partial charge in [-0.05, 0) is 30.4 Å². The van der Waals surface area contributed by atoms with Crippen molar-refractivity contribution < 1.29 is 4.92 Å². The lowest BCUT2D eigenvalue weighted by Gasteiger charge is -1.97. The predicted molar refractivity (Wildman–Crippen MR) is 89.3 cm³/mol. The van der Waals surface area contributed by atoms with Crippen LogP contribution >= 0.6 is 12.2 Å². The zero-order valence-corrected chi connectivity index (χ0v) is 13.0. The van der Waals surface area contributed by atoms with Crippen molar-refractivity contribution in [2.45, 2.75) is 0 Å². The average molecular weight is 341 g/mol. The van der Waals surface area contributed by atoms with Crippen LogP contribution < -0.4 is 0 Å². The van der Waals surface area contributed by atoms with E-state index in [1.54, 1.807) is 16.9 Å². The van der Waals surface area contributed by atoms with Crippen molar-refractivity contribution in [3.05, 3.63) is 69.6 Å². The van der Waals surface area contributed by atoms with Gasteiger partial charge in [0.05, 0.1) is 22.3 Å². The van der Waals surface area contributed by atoms with Crippen LogP contribution in [-0.4, -0.2) is 35.3 Å². The Bertz CT molecular complexity index is 1020. The Hall–Kier alpha value is -3.40. The SMILES string of the molecule is O=[N+]([O-])c1ccc2[nH]ncc2c1.S=c1nn[nH]n1-c1ccccc1. The number of hydrogen-bond donors (Lipinski definition) is 2. The molecule has 2 aromatic carbocycles. The molecule has 2 heterocycles. The fourth-order valence-electron chi connectivity index (χ4n) is 1.99. The van der Waals surface area contributed by atoms with Gasteiger partial charge < -0.3 is 0 Å². The molecule has 0 aliphatic rings. The second kappa shape index (κ2) is 6.79. The van der Waals surface area contributed by atoms with E-state index in [2.05, 4.69) is 25.7 Å². The Morgan fingerprint density at radius 3 is 2.62 bits per heavy atom. The Labute approximate surface area is 140 Å². The fourth-order valence-corrected chi connectivity index (χ4v) is 2.17. The van der Waals surface area contributed by atoms with E-state index in [9.17, 15) is 10.1 Å². The molecule has 9 nitrogen and oxygen atoms in total. The first kappa shape index (κ1) is 15.5. The van der Waals surface area contributed by atoms with Crippen LogP contribution in [0.25, 0.3) is 16.6 Å². The normalized spacial score (nSPS) is 10.2. The van der Waals surface area contributed by atoms with Crippen LogP contribution in [0.3, 0.4) is 0 Å². The van der Waals surface area contributed by atoms with Gasteiger partial charge in [-0.2, -0.15) is 10.3 Å². The summed E-state index contributed by atoms with van der Waals surface area (Å²) in [7, 11) is 0. The maximum absolute atomic E-state index is 10.3. The van der Waals surface area contributed by atoms with Crippen LogP contribution in [0.5, 0.6) is 0 Å². The zero-order chi connectivity index (χ0) is 16.9. The number of aromatic amines is 2. The van der Waals surface area contributed by atoms with Crippen LogP contribution in [0.15, 0.2) is 54.7 Å². The van der Waals surface area contributed by atoms with Gasteiger partial charge in [-0.25, -0.2) is 4.68 Å². The standard InChI is InChI=1S/C7H6N4S.C7H5N3O2/c12-7-8-9-10-11(7)6-4-2-1-3-5-6;11-10(12)6-1-2-7-5(3-6)4-8-9-7/h1-5H,(H,8,10,12);1-4H,(H,8,9). The Kier molecular flexibility index (Phi) is 4.38. The number of non-ortho nitro benzene ring substituents is 1. The summed E-state index contributed by atoms with van der Waals surface area (Å²) in [6.07, 6.45) is 1.56. The molecule has 0 bridgehead atoms. The van der Waals surface area contributed by atoms with Crippen LogP contribution in [0.2, 0.25) is 0 Å². The van der Waals surface area contributed by atoms with E-state index < -0.39 is 4.92 Å². The molecular weight excluding hydrogens is 330 g/mol. The quantitative estimate of drug-likeness (QED) is 0.329. The minimum Gasteiger partial charge on any atom is -0.278 e. The highest BCUT2D eigenvalue weighted by molar-refractivity contribution is 7.71. The van der Waals surface area contributed by atoms with Crippen LogP contribution in [0, 0.1) is 14.9 Å². The highest BCUT2D eigenvalue weighted by Gasteiger charge is 2.05. The van der Waals surface area contributed by atoms with E-state index in [4.69, 9.17) is 12.2 Å². The summed E-state index contributed by atoms with van der Waals surface area (Å²) in [6, 6.07) is 14.2. The number of nitrogens with one attached hydrogen (secondary N) is 2. The molecule has 0 aliphatic carbocycles. The molecule has 0 radical (unpaired) electrons. The Morgan fingerprint density at radius 2 is 1.96 bits per heavy atom. The molecule has 0 aliphatic heterocycles. The van der Waals surface area contributed by atoms with Crippen LogP contribution in [-0.2, 0) is 0 Å². The number of nitrogens with zero attached hydrogens (tertiary/aromatic N) is 5. The number of aromatic nitrogens is 6. The number of tetrazole rings is 1. The number of rotatable bonds is 2. The van der Waals surface area contributed by atoms with Crippen molar-refractivity contribution in [3.8, 4) is 5.69 Å². The number of hydrogen-bond acceptors (Lipinski definition) is 6. The van der Waals surface area contributed by atoms with Crippen molar-refractivity contribution >= 4 is 28.8 Å². The first-order chi connectivity index (χ1) is 11.6. The van der Waals surface area contributed by atoms with Crippen molar-refractivity contribution in [3.63, 3.8) is 0 Å². The summed E-state index contributed by atoms with van der Waals surface area (Å²) in [5.41, 5.74) is 1.83. The largest absolute Gasteiger partial charge is 0.278 e. The molecule has 0 atom stereocenters. The predicted octanol–water partition coefficient (Wildman–Crippen LogP) is 2.80. The van der Waals surface area contributed by atoms with E-state index in [0.29, 0.717) is 4.77 Å². The monoisotopic (exact) mass is 341 g/mol. The number of nitro groups is 1. The summed E-state index contributed by atoms with van der Waals surface area (Å²) >= 11 is 4.93. The first-order valence-electron chi connectivity index (χ1n) is 6.78. The third-order valence-corrected chi connectivity index (χ3v) is 3.38. The molecule has 0 saturated carbocycles. The highest BCUT2D eigenvalue weighted by atomic mass is 32.1. The number of fused-ring (bicyclic) bond motifs is 1. The van der Waals surface area contributed by atoms with Crippen molar-refractivity contribution in [1.29, 1.82) is 0 Å². The summed E-state index contributed by atoms with van der Waals surface area (Å²) in [6.45, 7) is 0. The molecular formula is C14H11N7O2S. The van der Waals surface area contributed by atoms with Crippen molar-refractivity contribution in [2.75, 3.05) is 0 Å². The lowest BCUT2D eigenvalue weighted by molar-refractivity contribution is -0.384. The van der Waals surface area contributed by atoms with E-state index >= 15 is 0 Å². The first-order valence-corrected chi connectivity index (χ1v) is 7.19. The summed E-state index contributed by atoms with van der Waals surface area (Å²) in [4.78, 5) is 9.92. The smallest absolute Gasteiger partial charge is 0.270 e. The molecule has 2 N–H and O–H groups in total. The van der Waals surface area contributed by atoms with Gasteiger partial charge in [0, 0.05) is 17.5 Å². The lowest BCUT2D eigenvalue weighted by Crippen LogP contribution is -1.95. The minimum atomic E-state index is -0.424. The molecule has 24 heavy (non-hydrogen) atoms. The van der Waals surface area contributed by atoms with Gasteiger partial charge in [0.2, 0.25) is 4.77 Å². The van der Waals surface area contributed by atoms with Crippen LogP contribution in [0.1, 0.15) is 0 Å². The van der Waals surface area contributed by atoms with E-state index in [-0.39, 0.29) is 5.69 Å². The van der Waals surface area contributed by atoms with E-state index in [0.717, 1.165) is 16.6 Å². The molecule has 0 amide bonds. The number of para-hydroxylation sites is 1. The van der Waals surface area contributed by atoms with Crippen LogP contribution in [0.4, 0.5) is 5.69 Å². The molecule has 0 saturated heterocycles. The molecule has 2 aromatic heterocycles. The third kappa shape index (κ3) is 3.33. The van der Waals surface area contributed by atoms with Crippen molar-refractivity contribution in [2.24, 2.45) is 0 Å². The number of H-pyrrole nitrogens is 2. The van der Waals surface area contributed by atoms with Gasteiger partial charge in [-0.3, -0.25) is 15.2 Å². The summed E-state index contributed by atoms with van der Waals surface area (Å²) in [5, 5.41) is 27.5. The van der Waals surface area contributed by atoms with Gasteiger partial charge in [0.15, 0.2) is 0 Å². The maximum Gasteiger partial charge on any atom is 0.270 e. The minimum absolute atomic E-state index is 0.0869. The van der Waals surface area contributed by atoms with Gasteiger partial charge in [0.25, 0.3) is 5.69 Å². The molecule has 0 fully saturated rings. The van der Waals surface area contributed by atoms with Gasteiger partial charge >= 0.3 is 0 Å². The zero-order valence-electron chi connectivity index (χ0n) is 12.2. The highest BCUT2D eigenvalue weighted by Crippen LogP contribution is 2.17. The fraction of sp³-hybridized carbons (Fsp3) is 0. The van der Waals surface area contributed by atoms with Crippen molar-refractivity contribution in [1.82, 2.24) is 30.4 Å². The number of benzene rings is 2. The van der Waals surface area contributed by atoms with Gasteiger partial charge in [-0.1, -0.05) is 28.5 Å². The lowest BCUT2D eigenvalue weighted by atomic mass is 10.2. The molecule has 0 unspecified atom stereocenters. The second-order valence-electron chi connectivity index (χ2n) is 4.65. The summed E-state index contributed by atoms with van der Waals surface area (Å²) < 4.78 is 2.07. The second-order valence-corrected chi connectivity index (χ2v) is 5.02. The van der Waals surface area contributed by atoms with Gasteiger partial charge in [0.1, 0.15) is 0 Å². The molecule has 0 spiro atoms. The third-order valence-electron chi connectivity index (χ3n) is 3.12. The maximum atomic E-state index is 10.3.